The summed E-state index contributed by atoms with van der Waals surface area (Å²) in [5.74, 6) is -0.219. The SMILES string of the molecule is Nc1ccccc1NC(=O)c1ccno1. The number of nitrogen functional groups attached to an aromatic ring is 1. The number of hydrogen-bond acceptors (Lipinski definition) is 4. The van der Waals surface area contributed by atoms with E-state index in [0.29, 0.717) is 11.4 Å². The molecule has 1 amide bonds. The molecule has 0 aliphatic rings. The minimum absolute atomic E-state index is 0.151. The number of anilines is 2. The second kappa shape index (κ2) is 3.83. The van der Waals surface area contributed by atoms with Gasteiger partial charge in [-0.05, 0) is 12.1 Å². The first-order valence-corrected chi connectivity index (χ1v) is 4.34. The van der Waals surface area contributed by atoms with E-state index in [1.807, 2.05) is 0 Å². The molecule has 2 aromatic rings. The summed E-state index contributed by atoms with van der Waals surface area (Å²) in [6.45, 7) is 0. The van der Waals surface area contributed by atoms with Crippen molar-refractivity contribution in [2.75, 3.05) is 11.1 Å². The Morgan fingerprint density at radius 3 is 2.80 bits per heavy atom. The van der Waals surface area contributed by atoms with Crippen molar-refractivity contribution < 1.29 is 9.32 Å². The second-order valence-electron chi connectivity index (χ2n) is 2.92. The van der Waals surface area contributed by atoms with Crippen LogP contribution >= 0.6 is 0 Å². The van der Waals surface area contributed by atoms with Gasteiger partial charge in [0.05, 0.1) is 17.6 Å². The molecular weight excluding hydrogens is 194 g/mol. The van der Waals surface area contributed by atoms with Crippen molar-refractivity contribution in [3.63, 3.8) is 0 Å². The van der Waals surface area contributed by atoms with E-state index in [0.717, 1.165) is 0 Å². The van der Waals surface area contributed by atoms with Crippen LogP contribution in [0.5, 0.6) is 0 Å². The van der Waals surface area contributed by atoms with Gasteiger partial charge in [-0.15, -0.1) is 0 Å². The molecule has 0 bridgehead atoms. The van der Waals surface area contributed by atoms with Crippen molar-refractivity contribution in [1.29, 1.82) is 0 Å². The molecule has 0 saturated heterocycles. The summed E-state index contributed by atoms with van der Waals surface area (Å²) in [7, 11) is 0. The minimum atomic E-state index is -0.370. The van der Waals surface area contributed by atoms with E-state index in [2.05, 4.69) is 10.5 Å². The topological polar surface area (TPSA) is 81.1 Å². The molecule has 2 rings (SSSR count). The Morgan fingerprint density at radius 2 is 2.13 bits per heavy atom. The van der Waals surface area contributed by atoms with Crippen LogP contribution in [0.3, 0.4) is 0 Å². The van der Waals surface area contributed by atoms with Gasteiger partial charge in [0.2, 0.25) is 5.76 Å². The maximum absolute atomic E-state index is 11.5. The molecule has 5 nitrogen and oxygen atoms in total. The zero-order valence-electron chi connectivity index (χ0n) is 7.81. The maximum Gasteiger partial charge on any atom is 0.294 e. The van der Waals surface area contributed by atoms with Crippen molar-refractivity contribution in [3.8, 4) is 0 Å². The van der Waals surface area contributed by atoms with Crippen LogP contribution in [0.4, 0.5) is 11.4 Å². The average molecular weight is 203 g/mol. The Morgan fingerprint density at radius 1 is 1.33 bits per heavy atom. The minimum Gasteiger partial charge on any atom is -0.397 e. The monoisotopic (exact) mass is 203 g/mol. The van der Waals surface area contributed by atoms with Crippen LogP contribution < -0.4 is 11.1 Å². The normalized spacial score (nSPS) is 9.87. The van der Waals surface area contributed by atoms with Gasteiger partial charge in [-0.3, -0.25) is 4.79 Å². The lowest BCUT2D eigenvalue weighted by Crippen LogP contribution is -2.12. The summed E-state index contributed by atoms with van der Waals surface area (Å²) in [6, 6.07) is 8.47. The van der Waals surface area contributed by atoms with Gasteiger partial charge in [-0.2, -0.15) is 0 Å². The maximum atomic E-state index is 11.5. The highest BCUT2D eigenvalue weighted by Gasteiger charge is 2.10. The predicted octanol–water partition coefficient (Wildman–Crippen LogP) is 1.51. The number of aromatic nitrogens is 1. The van der Waals surface area contributed by atoms with E-state index in [1.54, 1.807) is 24.3 Å². The third kappa shape index (κ3) is 1.96. The molecule has 0 atom stereocenters. The van der Waals surface area contributed by atoms with E-state index in [1.165, 1.54) is 12.3 Å². The molecular formula is C10H9N3O2. The molecule has 1 heterocycles. The standard InChI is InChI=1S/C10H9N3O2/c11-7-3-1-2-4-8(7)13-10(14)9-5-6-12-15-9/h1-6H,11H2,(H,13,14). The molecule has 0 unspecified atom stereocenters. The van der Waals surface area contributed by atoms with Gasteiger partial charge in [0.25, 0.3) is 5.91 Å². The Balaban J connectivity index is 2.17. The molecule has 5 heteroatoms. The lowest BCUT2D eigenvalue weighted by molar-refractivity contribution is 0.0988. The zero-order valence-corrected chi connectivity index (χ0v) is 7.81. The number of nitrogens with two attached hydrogens (primary N) is 1. The van der Waals surface area contributed by atoms with E-state index in [9.17, 15) is 4.79 Å². The summed E-state index contributed by atoms with van der Waals surface area (Å²) >= 11 is 0. The first-order valence-electron chi connectivity index (χ1n) is 4.34. The van der Waals surface area contributed by atoms with Crippen molar-refractivity contribution in [2.45, 2.75) is 0 Å². The molecule has 0 aliphatic heterocycles. The Hall–Kier alpha value is -2.30. The molecule has 0 fully saturated rings. The van der Waals surface area contributed by atoms with Crippen molar-refractivity contribution in [2.24, 2.45) is 0 Å². The summed E-state index contributed by atoms with van der Waals surface area (Å²) < 4.78 is 4.70. The number of nitrogens with zero attached hydrogens (tertiary/aromatic N) is 1. The quantitative estimate of drug-likeness (QED) is 0.725. The third-order valence-electron chi connectivity index (χ3n) is 1.87. The van der Waals surface area contributed by atoms with Gasteiger partial charge in [-0.1, -0.05) is 17.3 Å². The van der Waals surface area contributed by atoms with Crippen LogP contribution in [0.2, 0.25) is 0 Å². The van der Waals surface area contributed by atoms with Crippen LogP contribution in [0.25, 0.3) is 0 Å². The highest BCUT2D eigenvalue weighted by Crippen LogP contribution is 2.17. The van der Waals surface area contributed by atoms with Gasteiger partial charge in [0.15, 0.2) is 0 Å². The molecule has 0 aliphatic carbocycles. The van der Waals surface area contributed by atoms with Crippen molar-refractivity contribution in [3.05, 3.63) is 42.3 Å². The van der Waals surface area contributed by atoms with Crippen molar-refractivity contribution in [1.82, 2.24) is 5.16 Å². The Labute approximate surface area is 85.9 Å². The van der Waals surface area contributed by atoms with Crippen LogP contribution in [0, 0.1) is 0 Å². The molecule has 3 N–H and O–H groups in total. The van der Waals surface area contributed by atoms with E-state index < -0.39 is 0 Å². The number of carbonyl (C=O) groups excluding carboxylic acids is 1. The molecule has 76 valence electrons. The number of para-hydroxylation sites is 2. The van der Waals surface area contributed by atoms with E-state index >= 15 is 0 Å². The summed E-state index contributed by atoms with van der Waals surface area (Å²) in [5, 5.41) is 6.06. The number of benzene rings is 1. The largest absolute Gasteiger partial charge is 0.397 e. The Bertz CT molecular complexity index is 465. The molecule has 1 aromatic carbocycles. The van der Waals surface area contributed by atoms with Gasteiger partial charge >= 0.3 is 0 Å². The van der Waals surface area contributed by atoms with Gasteiger partial charge in [0.1, 0.15) is 0 Å². The van der Waals surface area contributed by atoms with E-state index in [-0.39, 0.29) is 11.7 Å². The summed E-state index contributed by atoms with van der Waals surface area (Å²) in [5.41, 5.74) is 6.72. The lowest BCUT2D eigenvalue weighted by atomic mass is 10.2. The molecule has 0 radical (unpaired) electrons. The zero-order chi connectivity index (χ0) is 10.7. The fourth-order valence-electron chi connectivity index (χ4n) is 1.13. The smallest absolute Gasteiger partial charge is 0.294 e. The van der Waals surface area contributed by atoms with Crippen LogP contribution in [-0.4, -0.2) is 11.1 Å². The third-order valence-corrected chi connectivity index (χ3v) is 1.87. The van der Waals surface area contributed by atoms with Crippen LogP contribution in [-0.2, 0) is 0 Å². The van der Waals surface area contributed by atoms with Gasteiger partial charge in [-0.25, -0.2) is 0 Å². The number of nitrogens with one attached hydrogen (secondary N) is 1. The summed E-state index contributed by atoms with van der Waals surface area (Å²) in [6.07, 6.45) is 1.41. The van der Waals surface area contributed by atoms with E-state index in [4.69, 9.17) is 10.3 Å². The molecule has 0 saturated carbocycles. The van der Waals surface area contributed by atoms with Crippen LogP contribution in [0.1, 0.15) is 10.6 Å². The fraction of sp³-hybridized carbons (Fsp3) is 0. The van der Waals surface area contributed by atoms with Gasteiger partial charge < -0.3 is 15.6 Å². The molecule has 0 spiro atoms. The average Bonchev–Trinajstić information content (AvgIpc) is 2.74. The van der Waals surface area contributed by atoms with Gasteiger partial charge in [0, 0.05) is 6.07 Å². The molecule has 1 aromatic heterocycles. The summed E-state index contributed by atoms with van der Waals surface area (Å²) in [4.78, 5) is 11.5. The number of amides is 1. The molecule has 15 heavy (non-hydrogen) atoms. The fourth-order valence-corrected chi connectivity index (χ4v) is 1.13. The highest BCUT2D eigenvalue weighted by molar-refractivity contribution is 6.03. The lowest BCUT2D eigenvalue weighted by Gasteiger charge is -2.04. The number of carbonyl (C=O) groups is 1. The number of hydrogen-bond donors (Lipinski definition) is 2. The van der Waals surface area contributed by atoms with Crippen molar-refractivity contribution >= 4 is 17.3 Å². The Kier molecular flexibility index (Phi) is 2.37. The first-order chi connectivity index (χ1) is 7.27. The number of rotatable bonds is 2. The highest BCUT2D eigenvalue weighted by atomic mass is 16.5. The second-order valence-corrected chi connectivity index (χ2v) is 2.92. The predicted molar refractivity (Wildman–Crippen MR) is 55.3 cm³/mol. The first kappa shape index (κ1) is 9.26. The van der Waals surface area contributed by atoms with Crippen LogP contribution in [0.15, 0.2) is 41.1 Å².